The average molecular weight is 286 g/mol. The molecule has 0 unspecified atom stereocenters. The van der Waals surface area contributed by atoms with Gasteiger partial charge in [-0.1, -0.05) is 0 Å². The maximum absolute atomic E-state index is 12.2. The Bertz CT molecular complexity index is 680. The maximum atomic E-state index is 12.2. The van der Waals surface area contributed by atoms with Gasteiger partial charge in [-0.25, -0.2) is 4.98 Å². The van der Waals surface area contributed by atoms with Crippen LogP contribution in [0.5, 0.6) is 0 Å². The molecule has 0 amide bonds. The molecule has 0 spiro atoms. The van der Waals surface area contributed by atoms with Crippen molar-refractivity contribution in [3.05, 3.63) is 28.8 Å². The van der Waals surface area contributed by atoms with Crippen molar-refractivity contribution in [2.24, 2.45) is 0 Å². The number of H-pyrrole nitrogens is 1. The Morgan fingerprint density at radius 2 is 2.10 bits per heavy atom. The van der Waals surface area contributed by atoms with Gasteiger partial charge >= 0.3 is 6.18 Å². The molecule has 0 aliphatic heterocycles. The Hall–Kier alpha value is -2.25. The minimum atomic E-state index is -4.23. The molecule has 2 rings (SSSR count). The SMILES string of the molecule is CN(CCC(F)(F)F)c1cc2nc[nH]c(=O)c2cc1N. The number of hydrogen-bond donors (Lipinski definition) is 2. The van der Waals surface area contributed by atoms with Crippen molar-refractivity contribution in [1.82, 2.24) is 9.97 Å². The highest BCUT2D eigenvalue weighted by atomic mass is 19.4. The van der Waals surface area contributed by atoms with E-state index >= 15 is 0 Å². The molecular weight excluding hydrogens is 273 g/mol. The molecule has 0 saturated heterocycles. The van der Waals surface area contributed by atoms with Crippen LogP contribution in [0.1, 0.15) is 6.42 Å². The Balaban J connectivity index is 2.35. The molecule has 1 aromatic carbocycles. The standard InChI is InChI=1S/C12H13F3N4O/c1-19(3-2-12(13,14)15)10-5-9-7(4-8(10)16)11(20)18-6-17-9/h4-6H,2-3,16H2,1H3,(H,17,18,20). The third kappa shape index (κ3) is 3.01. The lowest BCUT2D eigenvalue weighted by Gasteiger charge is -2.22. The number of fused-ring (bicyclic) bond motifs is 1. The Kier molecular flexibility index (Phi) is 3.56. The number of hydrogen-bond acceptors (Lipinski definition) is 4. The van der Waals surface area contributed by atoms with Crippen LogP contribution in [0.3, 0.4) is 0 Å². The van der Waals surface area contributed by atoms with Gasteiger partial charge in [-0.2, -0.15) is 13.2 Å². The van der Waals surface area contributed by atoms with E-state index in [1.54, 1.807) is 0 Å². The summed E-state index contributed by atoms with van der Waals surface area (Å²) in [5.41, 5.74) is 6.49. The first-order chi connectivity index (χ1) is 9.28. The van der Waals surface area contributed by atoms with Gasteiger partial charge in [-0.3, -0.25) is 4.79 Å². The number of alkyl halides is 3. The molecule has 8 heteroatoms. The lowest BCUT2D eigenvalue weighted by atomic mass is 10.1. The summed E-state index contributed by atoms with van der Waals surface area (Å²) in [4.78, 5) is 19.3. The van der Waals surface area contributed by atoms with Crippen molar-refractivity contribution in [2.45, 2.75) is 12.6 Å². The number of anilines is 2. The van der Waals surface area contributed by atoms with Crippen LogP contribution in [0, 0.1) is 0 Å². The summed E-state index contributed by atoms with van der Waals surface area (Å²) in [5, 5.41) is 0.304. The average Bonchev–Trinajstić information content (AvgIpc) is 2.35. The predicted octanol–water partition coefficient (Wildman–Crippen LogP) is 1.89. The van der Waals surface area contributed by atoms with Gasteiger partial charge in [-0.15, -0.1) is 0 Å². The van der Waals surface area contributed by atoms with E-state index in [4.69, 9.17) is 5.73 Å². The zero-order valence-electron chi connectivity index (χ0n) is 10.7. The van der Waals surface area contributed by atoms with Gasteiger partial charge in [0.25, 0.3) is 5.56 Å². The Labute approximate surface area is 112 Å². The maximum Gasteiger partial charge on any atom is 0.390 e. The van der Waals surface area contributed by atoms with E-state index in [1.165, 1.54) is 30.4 Å². The first kappa shape index (κ1) is 14.2. The normalized spacial score (nSPS) is 11.8. The van der Waals surface area contributed by atoms with E-state index in [2.05, 4.69) is 9.97 Å². The van der Waals surface area contributed by atoms with Crippen molar-refractivity contribution < 1.29 is 13.2 Å². The molecule has 108 valence electrons. The molecule has 0 radical (unpaired) electrons. The lowest BCUT2D eigenvalue weighted by Crippen LogP contribution is -2.25. The number of nitrogens with one attached hydrogen (secondary N) is 1. The van der Waals surface area contributed by atoms with Crippen molar-refractivity contribution in [3.8, 4) is 0 Å². The van der Waals surface area contributed by atoms with Crippen molar-refractivity contribution >= 4 is 22.3 Å². The molecule has 5 nitrogen and oxygen atoms in total. The smallest absolute Gasteiger partial charge is 0.390 e. The van der Waals surface area contributed by atoms with Crippen LogP contribution in [0.2, 0.25) is 0 Å². The van der Waals surface area contributed by atoms with Crippen LogP contribution in [-0.2, 0) is 0 Å². The second-order valence-electron chi connectivity index (χ2n) is 4.45. The molecule has 1 heterocycles. The van der Waals surface area contributed by atoms with Crippen LogP contribution in [0.25, 0.3) is 10.9 Å². The van der Waals surface area contributed by atoms with Crippen LogP contribution in [0.15, 0.2) is 23.3 Å². The summed E-state index contributed by atoms with van der Waals surface area (Å²) >= 11 is 0. The molecule has 0 atom stereocenters. The van der Waals surface area contributed by atoms with Gasteiger partial charge < -0.3 is 15.6 Å². The van der Waals surface area contributed by atoms with E-state index in [0.717, 1.165) is 0 Å². The van der Waals surface area contributed by atoms with E-state index in [0.29, 0.717) is 16.6 Å². The van der Waals surface area contributed by atoms with Gasteiger partial charge in [-0.05, 0) is 12.1 Å². The van der Waals surface area contributed by atoms with Crippen molar-refractivity contribution in [3.63, 3.8) is 0 Å². The van der Waals surface area contributed by atoms with Crippen LogP contribution in [0.4, 0.5) is 24.5 Å². The van der Waals surface area contributed by atoms with E-state index in [1.807, 2.05) is 0 Å². The van der Waals surface area contributed by atoms with Crippen LogP contribution in [-0.4, -0.2) is 29.7 Å². The lowest BCUT2D eigenvalue weighted by molar-refractivity contribution is -0.132. The first-order valence-electron chi connectivity index (χ1n) is 5.83. The summed E-state index contributed by atoms with van der Waals surface area (Å²) < 4.78 is 36.7. The number of aromatic amines is 1. The fourth-order valence-electron chi connectivity index (χ4n) is 1.87. The van der Waals surface area contributed by atoms with Gasteiger partial charge in [0.2, 0.25) is 0 Å². The summed E-state index contributed by atoms with van der Waals surface area (Å²) in [5.74, 6) is 0. The van der Waals surface area contributed by atoms with Gasteiger partial charge in [0.15, 0.2) is 0 Å². The molecule has 2 aromatic rings. The number of benzene rings is 1. The zero-order chi connectivity index (χ0) is 14.9. The van der Waals surface area contributed by atoms with Crippen molar-refractivity contribution in [1.29, 1.82) is 0 Å². The third-order valence-electron chi connectivity index (χ3n) is 2.93. The number of aromatic nitrogens is 2. The molecule has 0 saturated carbocycles. The van der Waals surface area contributed by atoms with Crippen LogP contribution < -0.4 is 16.2 Å². The fourth-order valence-corrected chi connectivity index (χ4v) is 1.87. The highest BCUT2D eigenvalue weighted by Gasteiger charge is 2.27. The number of halogens is 3. The summed E-state index contributed by atoms with van der Waals surface area (Å²) in [6.07, 6.45) is -3.93. The monoisotopic (exact) mass is 286 g/mol. The van der Waals surface area contributed by atoms with Gasteiger partial charge in [0.05, 0.1) is 35.0 Å². The summed E-state index contributed by atoms with van der Waals surface area (Å²) in [6, 6.07) is 2.93. The quantitative estimate of drug-likeness (QED) is 0.845. The second kappa shape index (κ2) is 5.03. The number of nitrogens with two attached hydrogens (primary N) is 1. The van der Waals surface area contributed by atoms with Crippen molar-refractivity contribution in [2.75, 3.05) is 24.2 Å². The Morgan fingerprint density at radius 1 is 1.40 bits per heavy atom. The number of nitrogens with zero attached hydrogens (tertiary/aromatic N) is 2. The molecule has 0 fully saturated rings. The summed E-state index contributed by atoms with van der Waals surface area (Å²) in [6.45, 7) is -0.220. The molecule has 3 N–H and O–H groups in total. The van der Waals surface area contributed by atoms with E-state index in [-0.39, 0.29) is 17.8 Å². The van der Waals surface area contributed by atoms with Gasteiger partial charge in [0, 0.05) is 13.6 Å². The first-order valence-corrected chi connectivity index (χ1v) is 5.83. The molecule has 20 heavy (non-hydrogen) atoms. The van der Waals surface area contributed by atoms with Crippen LogP contribution >= 0.6 is 0 Å². The molecule has 0 aliphatic carbocycles. The fraction of sp³-hybridized carbons (Fsp3) is 0.333. The highest BCUT2D eigenvalue weighted by Crippen LogP contribution is 2.28. The third-order valence-corrected chi connectivity index (χ3v) is 2.93. The Morgan fingerprint density at radius 3 is 2.75 bits per heavy atom. The van der Waals surface area contributed by atoms with E-state index < -0.39 is 12.6 Å². The van der Waals surface area contributed by atoms with E-state index in [9.17, 15) is 18.0 Å². The zero-order valence-corrected chi connectivity index (χ0v) is 10.7. The molecular formula is C12H13F3N4O. The highest BCUT2D eigenvalue weighted by molar-refractivity contribution is 5.88. The topological polar surface area (TPSA) is 75.0 Å². The minimum absolute atomic E-state index is 0.220. The predicted molar refractivity (Wildman–Crippen MR) is 70.7 cm³/mol. The largest absolute Gasteiger partial charge is 0.397 e. The molecule has 0 aliphatic rings. The molecule has 1 aromatic heterocycles. The second-order valence-corrected chi connectivity index (χ2v) is 4.45. The molecule has 0 bridgehead atoms. The number of nitrogen functional groups attached to an aromatic ring is 1. The van der Waals surface area contributed by atoms with Gasteiger partial charge in [0.1, 0.15) is 0 Å². The summed E-state index contributed by atoms with van der Waals surface area (Å²) in [7, 11) is 1.51. The minimum Gasteiger partial charge on any atom is -0.397 e. The number of rotatable bonds is 3.